The molecule has 23 heavy (non-hydrogen) atoms. The molecule has 1 N–H and O–H groups in total. The van der Waals surface area contributed by atoms with Crippen LogP contribution < -0.4 is 5.32 Å². The van der Waals surface area contributed by atoms with Crippen molar-refractivity contribution in [3.8, 4) is 0 Å². The molecule has 0 rings (SSSR count). The molecule has 0 aromatic rings. The van der Waals surface area contributed by atoms with Crippen LogP contribution in [0.15, 0.2) is 0 Å². The second kappa shape index (κ2) is 11.6. The summed E-state index contributed by atoms with van der Waals surface area (Å²) in [5.74, 6) is 0. The summed E-state index contributed by atoms with van der Waals surface area (Å²) in [4.78, 5) is 12.2. The zero-order valence-electron chi connectivity index (χ0n) is 16.8. The van der Waals surface area contributed by atoms with Crippen molar-refractivity contribution >= 4 is 24.5 Å². The van der Waals surface area contributed by atoms with Gasteiger partial charge >= 0.3 is 149 Å². The van der Waals surface area contributed by atoms with Gasteiger partial charge in [0.2, 0.25) is 0 Å². The number of carbonyl (C=O) groups is 1. The van der Waals surface area contributed by atoms with Crippen molar-refractivity contribution in [3.63, 3.8) is 0 Å². The molecule has 0 aromatic carbocycles. The van der Waals surface area contributed by atoms with Gasteiger partial charge in [0.1, 0.15) is 0 Å². The molecule has 1 amide bonds. The SMILES string of the molecule is CCC[CH2][Sn]([CH2]CCC)([CH2]CCC)[CH](C)NC(=O)OC(C)(C)C. The predicted molar refractivity (Wildman–Crippen MR) is 104 cm³/mol. The number of nitrogens with one attached hydrogen (secondary N) is 1. The Morgan fingerprint density at radius 3 is 1.65 bits per heavy atom. The van der Waals surface area contributed by atoms with Crippen LogP contribution in [0.4, 0.5) is 4.79 Å². The third kappa shape index (κ3) is 9.83. The van der Waals surface area contributed by atoms with Crippen LogP contribution in [0.25, 0.3) is 0 Å². The van der Waals surface area contributed by atoms with Crippen LogP contribution in [0.2, 0.25) is 13.3 Å². The van der Waals surface area contributed by atoms with Crippen LogP contribution in [-0.4, -0.2) is 34.1 Å². The number of alkyl carbamates (subject to hydrolysis) is 1. The maximum atomic E-state index is 12.2. The van der Waals surface area contributed by atoms with Crippen molar-refractivity contribution in [1.82, 2.24) is 5.32 Å². The number of rotatable bonds is 11. The Bertz CT molecular complexity index is 304. The molecule has 138 valence electrons. The summed E-state index contributed by atoms with van der Waals surface area (Å²) in [6.07, 6.45) is 7.52. The molecule has 4 heteroatoms. The predicted octanol–water partition coefficient (Wildman–Crippen LogP) is 6.29. The quantitative estimate of drug-likeness (QED) is 0.389. The van der Waals surface area contributed by atoms with Crippen molar-refractivity contribution in [2.24, 2.45) is 0 Å². The van der Waals surface area contributed by atoms with Gasteiger partial charge in [-0.25, -0.2) is 0 Å². The standard InChI is InChI=1S/C7H14NO2.3C4H9.Sn/c1-5-8-6(9)10-7(2,3)4;3*1-3-4-2;/h5H,1-4H3,(H,8,9);3*1,3-4H2,2H3;. The van der Waals surface area contributed by atoms with E-state index in [1.165, 1.54) is 51.8 Å². The van der Waals surface area contributed by atoms with Crippen LogP contribution in [0.3, 0.4) is 0 Å². The van der Waals surface area contributed by atoms with Gasteiger partial charge in [-0.05, 0) is 0 Å². The van der Waals surface area contributed by atoms with E-state index in [9.17, 15) is 4.79 Å². The van der Waals surface area contributed by atoms with Gasteiger partial charge in [-0.1, -0.05) is 0 Å². The van der Waals surface area contributed by atoms with Crippen molar-refractivity contribution in [1.29, 1.82) is 0 Å². The van der Waals surface area contributed by atoms with Gasteiger partial charge in [0, 0.05) is 0 Å². The minimum atomic E-state index is -2.39. The van der Waals surface area contributed by atoms with Gasteiger partial charge in [0.15, 0.2) is 0 Å². The van der Waals surface area contributed by atoms with E-state index < -0.39 is 24.0 Å². The number of unbranched alkanes of at least 4 members (excludes halogenated alkanes) is 3. The molecule has 0 aliphatic rings. The minimum absolute atomic E-state index is 0.226. The molecule has 0 bridgehead atoms. The Balaban J connectivity index is 5.05. The van der Waals surface area contributed by atoms with Gasteiger partial charge in [-0.3, -0.25) is 0 Å². The van der Waals surface area contributed by atoms with Crippen LogP contribution >= 0.6 is 0 Å². The van der Waals surface area contributed by atoms with Crippen molar-refractivity contribution in [3.05, 3.63) is 0 Å². The summed E-state index contributed by atoms with van der Waals surface area (Å²) >= 11 is -2.39. The summed E-state index contributed by atoms with van der Waals surface area (Å²) in [5, 5.41) is 3.24. The number of carbonyl (C=O) groups excluding carboxylic acids is 1. The van der Waals surface area contributed by atoms with E-state index in [1.807, 2.05) is 20.8 Å². The number of hydrogen-bond acceptors (Lipinski definition) is 2. The third-order valence-corrected chi connectivity index (χ3v) is 21.9. The van der Waals surface area contributed by atoms with E-state index in [1.54, 1.807) is 0 Å². The first kappa shape index (κ1) is 23.1. The number of hydrogen-bond donors (Lipinski definition) is 1. The van der Waals surface area contributed by atoms with E-state index in [-0.39, 0.29) is 6.09 Å². The third-order valence-electron chi connectivity index (χ3n) is 4.74. The first-order valence-corrected chi connectivity index (χ1v) is 17.4. The Hall–Kier alpha value is 0.0687. The molecule has 0 saturated carbocycles. The fourth-order valence-corrected chi connectivity index (χ4v) is 19.4. The van der Waals surface area contributed by atoms with Gasteiger partial charge in [0.05, 0.1) is 0 Å². The molecule has 0 fully saturated rings. The molecule has 0 spiro atoms. The Labute approximate surface area is 149 Å². The van der Waals surface area contributed by atoms with E-state index in [2.05, 4.69) is 33.0 Å². The van der Waals surface area contributed by atoms with Crippen LogP contribution in [0.1, 0.15) is 87.0 Å². The normalized spacial score (nSPS) is 13.7. The van der Waals surface area contributed by atoms with Crippen LogP contribution in [-0.2, 0) is 4.74 Å². The summed E-state index contributed by atoms with van der Waals surface area (Å²) in [6.45, 7) is 14.9. The molecule has 0 radical (unpaired) electrons. The number of ether oxygens (including phenoxy) is 1. The molecular weight excluding hydrogens is 393 g/mol. The molecule has 0 heterocycles. The van der Waals surface area contributed by atoms with Crippen LogP contribution in [0, 0.1) is 0 Å². The van der Waals surface area contributed by atoms with Gasteiger partial charge < -0.3 is 0 Å². The Kier molecular flexibility index (Phi) is 11.6. The topological polar surface area (TPSA) is 38.3 Å². The van der Waals surface area contributed by atoms with Gasteiger partial charge in [0.25, 0.3) is 0 Å². The Morgan fingerprint density at radius 1 is 0.957 bits per heavy atom. The van der Waals surface area contributed by atoms with Gasteiger partial charge in [-0.15, -0.1) is 0 Å². The molecule has 0 saturated heterocycles. The first-order valence-electron chi connectivity index (χ1n) is 9.70. The zero-order chi connectivity index (χ0) is 17.9. The molecule has 1 unspecified atom stereocenters. The summed E-state index contributed by atoms with van der Waals surface area (Å²) in [7, 11) is 0. The number of amides is 1. The van der Waals surface area contributed by atoms with E-state index in [4.69, 9.17) is 4.74 Å². The van der Waals surface area contributed by atoms with Crippen LogP contribution in [0.5, 0.6) is 0 Å². The summed E-state index contributed by atoms with van der Waals surface area (Å²) in [6, 6.07) is 0. The second-order valence-corrected chi connectivity index (χ2v) is 22.6. The van der Waals surface area contributed by atoms with E-state index in [0.717, 1.165) is 0 Å². The Morgan fingerprint density at radius 2 is 1.35 bits per heavy atom. The average Bonchev–Trinajstić information content (AvgIpc) is 2.44. The van der Waals surface area contributed by atoms with Crippen molar-refractivity contribution in [2.75, 3.05) is 0 Å². The van der Waals surface area contributed by atoms with Crippen molar-refractivity contribution < 1.29 is 9.53 Å². The first-order chi connectivity index (χ1) is 10.7. The fourth-order valence-electron chi connectivity index (χ4n) is 3.25. The molecule has 0 aromatic heterocycles. The second-order valence-electron chi connectivity index (χ2n) is 8.04. The molecule has 0 aliphatic heterocycles. The summed E-state index contributed by atoms with van der Waals surface area (Å²) in [5.41, 5.74) is -0.418. The monoisotopic (exact) mass is 435 g/mol. The van der Waals surface area contributed by atoms with E-state index in [0.29, 0.717) is 4.06 Å². The fraction of sp³-hybridized carbons (Fsp3) is 0.947. The summed E-state index contributed by atoms with van der Waals surface area (Å²) < 4.78 is 10.1. The average molecular weight is 434 g/mol. The molecular formula is C19H41NO2Sn. The van der Waals surface area contributed by atoms with E-state index >= 15 is 0 Å². The zero-order valence-corrected chi connectivity index (χ0v) is 19.6. The molecule has 3 nitrogen and oxygen atoms in total. The maximum absolute atomic E-state index is 12.2. The van der Waals surface area contributed by atoms with Crippen molar-refractivity contribution in [2.45, 2.75) is 110 Å². The van der Waals surface area contributed by atoms with Gasteiger partial charge in [-0.2, -0.15) is 0 Å². The molecule has 0 aliphatic carbocycles. The molecule has 1 atom stereocenters.